The van der Waals surface area contributed by atoms with Gasteiger partial charge < -0.3 is 5.73 Å². The fourth-order valence-electron chi connectivity index (χ4n) is 3.21. The Hall–Kier alpha value is -0.0400. The average Bonchev–Trinajstić information content (AvgIpc) is 2.25. The first kappa shape index (κ1) is 13.0. The summed E-state index contributed by atoms with van der Waals surface area (Å²) in [7, 11) is 0. The molecule has 2 unspecified atom stereocenters. The molecule has 0 heterocycles. The Morgan fingerprint density at radius 1 is 1.27 bits per heavy atom. The molecule has 0 aromatic rings. The smallest absolute Gasteiger partial charge is 0.00204 e. The van der Waals surface area contributed by atoms with Crippen LogP contribution in [0, 0.1) is 11.3 Å². The van der Waals surface area contributed by atoms with E-state index in [2.05, 4.69) is 13.8 Å². The van der Waals surface area contributed by atoms with Crippen LogP contribution in [-0.4, -0.2) is 6.54 Å². The fourth-order valence-corrected chi connectivity index (χ4v) is 3.21. The van der Waals surface area contributed by atoms with Gasteiger partial charge in [0.1, 0.15) is 0 Å². The van der Waals surface area contributed by atoms with E-state index in [-0.39, 0.29) is 0 Å². The number of hydrogen-bond acceptors (Lipinski definition) is 1. The lowest BCUT2D eigenvalue weighted by molar-refractivity contribution is 0.137. The van der Waals surface area contributed by atoms with Crippen LogP contribution in [-0.2, 0) is 0 Å². The summed E-state index contributed by atoms with van der Waals surface area (Å²) in [4.78, 5) is 0. The quantitative estimate of drug-likeness (QED) is 0.657. The van der Waals surface area contributed by atoms with Gasteiger partial charge in [0, 0.05) is 0 Å². The van der Waals surface area contributed by atoms with E-state index >= 15 is 0 Å². The molecule has 1 saturated carbocycles. The molecule has 1 rings (SSSR count). The molecule has 0 bridgehead atoms. The molecule has 0 aromatic carbocycles. The highest BCUT2D eigenvalue weighted by Crippen LogP contribution is 2.42. The topological polar surface area (TPSA) is 26.0 Å². The second-order valence-electron chi connectivity index (χ2n) is 5.72. The van der Waals surface area contributed by atoms with Crippen molar-refractivity contribution in [3.63, 3.8) is 0 Å². The second kappa shape index (κ2) is 6.52. The van der Waals surface area contributed by atoms with Crippen molar-refractivity contribution in [3.05, 3.63) is 0 Å². The summed E-state index contributed by atoms with van der Waals surface area (Å²) in [6, 6.07) is 0. The van der Waals surface area contributed by atoms with E-state index in [0.717, 1.165) is 12.5 Å². The van der Waals surface area contributed by atoms with Gasteiger partial charge >= 0.3 is 0 Å². The van der Waals surface area contributed by atoms with Crippen LogP contribution in [0.25, 0.3) is 0 Å². The van der Waals surface area contributed by atoms with Crippen molar-refractivity contribution < 1.29 is 0 Å². The molecule has 1 heteroatoms. The van der Waals surface area contributed by atoms with E-state index in [0.29, 0.717) is 5.41 Å². The highest BCUT2D eigenvalue weighted by atomic mass is 14.6. The van der Waals surface area contributed by atoms with Crippen molar-refractivity contribution in [1.29, 1.82) is 0 Å². The third-order valence-corrected chi connectivity index (χ3v) is 4.18. The average molecular weight is 211 g/mol. The van der Waals surface area contributed by atoms with Gasteiger partial charge in [-0.1, -0.05) is 52.4 Å². The number of hydrogen-bond donors (Lipinski definition) is 1. The molecule has 0 aliphatic heterocycles. The van der Waals surface area contributed by atoms with Gasteiger partial charge in [0.15, 0.2) is 0 Å². The monoisotopic (exact) mass is 211 g/mol. The number of rotatable bonds is 6. The molecule has 2 atom stereocenters. The van der Waals surface area contributed by atoms with E-state index in [1.54, 1.807) is 0 Å². The van der Waals surface area contributed by atoms with Crippen LogP contribution in [0.1, 0.15) is 71.6 Å². The molecule has 1 fully saturated rings. The Labute approximate surface area is 95.8 Å². The Morgan fingerprint density at radius 3 is 2.67 bits per heavy atom. The summed E-state index contributed by atoms with van der Waals surface area (Å²) in [6.07, 6.45) is 12.5. The Morgan fingerprint density at radius 2 is 2.07 bits per heavy atom. The summed E-state index contributed by atoms with van der Waals surface area (Å²) in [5, 5.41) is 0. The molecule has 0 spiro atoms. The van der Waals surface area contributed by atoms with Crippen molar-refractivity contribution >= 4 is 0 Å². The molecule has 90 valence electrons. The maximum absolute atomic E-state index is 6.02. The van der Waals surface area contributed by atoms with Gasteiger partial charge in [0.25, 0.3) is 0 Å². The highest BCUT2D eigenvalue weighted by Gasteiger charge is 2.32. The van der Waals surface area contributed by atoms with E-state index in [4.69, 9.17) is 5.73 Å². The molecule has 15 heavy (non-hydrogen) atoms. The third kappa shape index (κ3) is 4.14. The summed E-state index contributed by atoms with van der Waals surface area (Å²) in [5.41, 5.74) is 6.53. The van der Waals surface area contributed by atoms with E-state index in [1.807, 2.05) is 0 Å². The summed E-state index contributed by atoms with van der Waals surface area (Å²) in [6.45, 7) is 5.60. The Bertz CT molecular complexity index is 167. The standard InChI is InChI=1S/C14H29N/c1-3-4-5-6-9-14(12-15)10-7-8-13(2)11-14/h13H,3-12,15H2,1-2H3. The zero-order valence-electron chi connectivity index (χ0n) is 10.7. The van der Waals surface area contributed by atoms with Gasteiger partial charge in [-0.2, -0.15) is 0 Å². The number of unbranched alkanes of at least 4 members (excludes halogenated alkanes) is 3. The van der Waals surface area contributed by atoms with Crippen LogP contribution in [0.4, 0.5) is 0 Å². The largest absolute Gasteiger partial charge is 0.330 e. The van der Waals surface area contributed by atoms with Gasteiger partial charge in [-0.25, -0.2) is 0 Å². The summed E-state index contributed by atoms with van der Waals surface area (Å²) >= 11 is 0. The lowest BCUT2D eigenvalue weighted by Gasteiger charge is -2.39. The van der Waals surface area contributed by atoms with E-state index < -0.39 is 0 Å². The highest BCUT2D eigenvalue weighted by molar-refractivity contribution is 4.86. The molecule has 2 N–H and O–H groups in total. The molecular formula is C14H29N. The van der Waals surface area contributed by atoms with E-state index in [1.165, 1.54) is 57.8 Å². The van der Waals surface area contributed by atoms with Crippen LogP contribution in [0.2, 0.25) is 0 Å². The minimum atomic E-state index is 0.519. The maximum atomic E-state index is 6.02. The zero-order chi connectivity index (χ0) is 11.1. The van der Waals surface area contributed by atoms with Crippen LogP contribution < -0.4 is 5.73 Å². The van der Waals surface area contributed by atoms with Crippen molar-refractivity contribution in [3.8, 4) is 0 Å². The minimum absolute atomic E-state index is 0.519. The molecule has 1 nitrogen and oxygen atoms in total. The first-order chi connectivity index (χ1) is 7.22. The lowest BCUT2D eigenvalue weighted by Crippen LogP contribution is -2.35. The zero-order valence-corrected chi connectivity index (χ0v) is 10.7. The fraction of sp³-hybridized carbons (Fsp3) is 1.00. The molecule has 0 radical (unpaired) electrons. The summed E-state index contributed by atoms with van der Waals surface area (Å²) in [5.74, 6) is 0.911. The van der Waals surface area contributed by atoms with Crippen molar-refractivity contribution in [1.82, 2.24) is 0 Å². The van der Waals surface area contributed by atoms with Crippen LogP contribution in [0.15, 0.2) is 0 Å². The predicted octanol–water partition coefficient (Wildman–Crippen LogP) is 4.11. The first-order valence-electron chi connectivity index (χ1n) is 6.92. The second-order valence-corrected chi connectivity index (χ2v) is 5.72. The normalized spacial score (nSPS) is 31.8. The maximum Gasteiger partial charge on any atom is -0.00204 e. The molecule has 0 saturated heterocycles. The minimum Gasteiger partial charge on any atom is -0.330 e. The lowest BCUT2D eigenvalue weighted by atomic mass is 9.67. The SMILES string of the molecule is CCCCCCC1(CN)CCCC(C)C1. The molecule has 0 aromatic heterocycles. The molecule has 1 aliphatic carbocycles. The van der Waals surface area contributed by atoms with Crippen LogP contribution in [0.3, 0.4) is 0 Å². The van der Waals surface area contributed by atoms with Gasteiger partial charge in [-0.15, -0.1) is 0 Å². The predicted molar refractivity (Wildman–Crippen MR) is 67.9 cm³/mol. The van der Waals surface area contributed by atoms with Gasteiger partial charge in [0.05, 0.1) is 0 Å². The van der Waals surface area contributed by atoms with Crippen molar-refractivity contribution in [2.75, 3.05) is 6.54 Å². The first-order valence-corrected chi connectivity index (χ1v) is 6.92. The summed E-state index contributed by atoms with van der Waals surface area (Å²) < 4.78 is 0. The van der Waals surface area contributed by atoms with Crippen molar-refractivity contribution in [2.24, 2.45) is 17.1 Å². The van der Waals surface area contributed by atoms with Crippen LogP contribution in [0.5, 0.6) is 0 Å². The molecular weight excluding hydrogens is 182 g/mol. The third-order valence-electron chi connectivity index (χ3n) is 4.18. The number of nitrogens with two attached hydrogens (primary N) is 1. The Balaban J connectivity index is 2.31. The van der Waals surface area contributed by atoms with Crippen LogP contribution >= 0.6 is 0 Å². The molecule has 1 aliphatic rings. The van der Waals surface area contributed by atoms with E-state index in [9.17, 15) is 0 Å². The Kier molecular flexibility index (Phi) is 5.66. The molecule has 0 amide bonds. The van der Waals surface area contributed by atoms with Gasteiger partial charge in [-0.3, -0.25) is 0 Å². The van der Waals surface area contributed by atoms with Crippen molar-refractivity contribution in [2.45, 2.75) is 71.6 Å². The van der Waals surface area contributed by atoms with Gasteiger partial charge in [0.2, 0.25) is 0 Å². The van der Waals surface area contributed by atoms with Gasteiger partial charge in [-0.05, 0) is 37.1 Å².